The number of benzene rings is 2. The fraction of sp³-hybridized carbons (Fsp3) is 0.143. The molecule has 2 aromatic heterocycles. The van der Waals surface area contributed by atoms with Crippen molar-refractivity contribution < 1.29 is 26.3 Å². The van der Waals surface area contributed by atoms with E-state index in [-0.39, 0.29) is 29.7 Å². The van der Waals surface area contributed by atoms with Crippen molar-refractivity contribution in [3.05, 3.63) is 66.1 Å². The van der Waals surface area contributed by atoms with Crippen molar-refractivity contribution >= 4 is 32.6 Å². The molecule has 0 atom stereocenters. The molecule has 4 N–H and O–H groups in total. The highest BCUT2D eigenvalue weighted by Crippen LogP contribution is 2.36. The van der Waals surface area contributed by atoms with Crippen LogP contribution in [0.2, 0.25) is 0 Å². The maximum absolute atomic E-state index is 13.1. The van der Waals surface area contributed by atoms with Crippen LogP contribution < -0.4 is 15.2 Å². The molecule has 0 amide bonds. The molecule has 2 aromatic carbocycles. The average molecular weight is 477 g/mol. The van der Waals surface area contributed by atoms with Crippen molar-refractivity contribution in [2.45, 2.75) is 12.2 Å². The largest absolute Gasteiger partial charge is 0.491 e. The van der Waals surface area contributed by atoms with Crippen LogP contribution in [0.3, 0.4) is 0 Å². The summed E-state index contributed by atoms with van der Waals surface area (Å²) >= 11 is 0. The smallest absolute Gasteiger partial charge is 0.355 e. The minimum atomic E-state index is -4.92. The highest BCUT2D eigenvalue weighted by atomic mass is 32.2. The van der Waals surface area contributed by atoms with Gasteiger partial charge in [-0.1, -0.05) is 18.2 Å². The maximum atomic E-state index is 13.1. The van der Waals surface area contributed by atoms with E-state index in [0.29, 0.717) is 28.6 Å². The first-order chi connectivity index (χ1) is 15.7. The molecular weight excluding hydrogens is 459 g/mol. The van der Waals surface area contributed by atoms with Crippen molar-refractivity contribution in [1.82, 2.24) is 15.2 Å². The van der Waals surface area contributed by atoms with Crippen LogP contribution in [0.15, 0.2) is 54.7 Å². The van der Waals surface area contributed by atoms with Crippen LogP contribution in [-0.2, 0) is 16.4 Å². The fourth-order valence-electron chi connectivity index (χ4n) is 3.23. The number of halogens is 3. The van der Waals surface area contributed by atoms with E-state index in [1.54, 1.807) is 18.2 Å². The molecule has 172 valence electrons. The molecule has 8 nitrogen and oxygen atoms in total. The number of H-pyrrole nitrogens is 1. The van der Waals surface area contributed by atoms with Gasteiger partial charge in [-0.25, -0.2) is 17.8 Å². The Labute approximate surface area is 186 Å². The van der Waals surface area contributed by atoms with Crippen molar-refractivity contribution in [2.24, 2.45) is 0 Å². The van der Waals surface area contributed by atoms with Crippen LogP contribution >= 0.6 is 0 Å². The number of nitrogen functional groups attached to an aromatic ring is 1. The van der Waals surface area contributed by atoms with Gasteiger partial charge in [0.05, 0.1) is 17.7 Å². The predicted octanol–water partition coefficient (Wildman–Crippen LogP) is 3.93. The normalized spacial score (nSPS) is 11.8. The van der Waals surface area contributed by atoms with E-state index in [1.165, 1.54) is 36.5 Å². The number of rotatable bonds is 8. The Balaban J connectivity index is 1.68. The van der Waals surface area contributed by atoms with Crippen LogP contribution in [0.5, 0.6) is 5.75 Å². The topological polar surface area (TPSA) is 123 Å². The van der Waals surface area contributed by atoms with Gasteiger partial charge in [-0.05, 0) is 47.0 Å². The molecule has 12 heteroatoms. The van der Waals surface area contributed by atoms with Crippen LogP contribution in [0.25, 0.3) is 22.2 Å². The average Bonchev–Trinajstić information content (AvgIpc) is 3.17. The number of ether oxygens (including phenoxy) is 1. The first-order valence-electron chi connectivity index (χ1n) is 9.64. The summed E-state index contributed by atoms with van der Waals surface area (Å²) in [5, 5.41) is 7.20. The third kappa shape index (κ3) is 4.85. The number of anilines is 2. The lowest BCUT2D eigenvalue weighted by atomic mass is 10.0. The molecular formula is C21H18F3N5O3S. The number of alkyl halides is 2. The summed E-state index contributed by atoms with van der Waals surface area (Å²) < 4.78 is 70.0. The molecule has 4 rings (SSSR count). The van der Waals surface area contributed by atoms with Gasteiger partial charge in [-0.3, -0.25) is 9.82 Å². The Hall–Kier alpha value is -3.80. The number of pyridine rings is 1. The maximum Gasteiger partial charge on any atom is 0.355 e. The van der Waals surface area contributed by atoms with E-state index in [9.17, 15) is 21.6 Å². The standard InChI is InChI=1S/C21H18F3N5O3S/c22-14-4-1-12(2-5-14)8-10-32-17-11-13(3-6-16(17)29-33(30,31)21(23)24)15-7-9-26-20-18(15)19(25)27-28-20/h1-7,9,11,21,29H,8,10H2,(H3,25,26,27,28). The van der Waals surface area contributed by atoms with Crippen LogP contribution in [0.4, 0.5) is 24.7 Å². The number of sulfonamides is 1. The van der Waals surface area contributed by atoms with Gasteiger partial charge >= 0.3 is 5.76 Å². The molecule has 0 bridgehead atoms. The summed E-state index contributed by atoms with van der Waals surface area (Å²) in [4.78, 5) is 4.13. The van der Waals surface area contributed by atoms with Gasteiger partial charge in [0.25, 0.3) is 10.0 Å². The highest BCUT2D eigenvalue weighted by Gasteiger charge is 2.25. The quantitative estimate of drug-likeness (QED) is 0.353. The molecule has 2 heterocycles. The second kappa shape index (κ2) is 8.98. The van der Waals surface area contributed by atoms with Crippen molar-refractivity contribution in [1.29, 1.82) is 0 Å². The molecule has 0 radical (unpaired) electrons. The zero-order valence-electron chi connectivity index (χ0n) is 16.9. The second-order valence-electron chi connectivity index (χ2n) is 7.04. The monoisotopic (exact) mass is 477 g/mol. The van der Waals surface area contributed by atoms with Crippen LogP contribution in [-0.4, -0.2) is 36.0 Å². The lowest BCUT2D eigenvalue weighted by molar-refractivity contribution is 0.236. The lowest BCUT2D eigenvalue weighted by Gasteiger charge is -2.15. The zero-order chi connectivity index (χ0) is 23.6. The molecule has 0 unspecified atom stereocenters. The SMILES string of the molecule is Nc1[nH]nc2nccc(-c3ccc(NS(=O)(=O)C(F)F)c(OCCc4ccc(F)cc4)c3)c12. The first-order valence-corrected chi connectivity index (χ1v) is 11.2. The molecule has 0 aliphatic carbocycles. The zero-order valence-corrected chi connectivity index (χ0v) is 17.7. The lowest BCUT2D eigenvalue weighted by Crippen LogP contribution is -2.21. The molecule has 0 aliphatic heterocycles. The number of nitrogens with zero attached hydrogens (tertiary/aromatic N) is 2. The number of fused-ring (bicyclic) bond motifs is 1. The molecule has 0 fully saturated rings. The summed E-state index contributed by atoms with van der Waals surface area (Å²) in [5.74, 6) is -3.67. The van der Waals surface area contributed by atoms with Gasteiger partial charge in [0, 0.05) is 12.6 Å². The second-order valence-corrected chi connectivity index (χ2v) is 8.69. The van der Waals surface area contributed by atoms with E-state index in [2.05, 4.69) is 15.2 Å². The first kappa shape index (κ1) is 22.4. The number of aromatic amines is 1. The number of hydrogen-bond donors (Lipinski definition) is 3. The molecule has 0 spiro atoms. The number of nitrogens with one attached hydrogen (secondary N) is 2. The van der Waals surface area contributed by atoms with Gasteiger partial charge in [0.2, 0.25) is 0 Å². The third-order valence-corrected chi connectivity index (χ3v) is 5.80. The highest BCUT2D eigenvalue weighted by molar-refractivity contribution is 7.93. The minimum Gasteiger partial charge on any atom is -0.491 e. The van der Waals surface area contributed by atoms with Crippen LogP contribution in [0.1, 0.15) is 5.56 Å². The van der Waals surface area contributed by atoms with E-state index in [1.807, 2.05) is 4.72 Å². The van der Waals surface area contributed by atoms with E-state index in [0.717, 1.165) is 5.56 Å². The van der Waals surface area contributed by atoms with E-state index in [4.69, 9.17) is 10.5 Å². The van der Waals surface area contributed by atoms with Gasteiger partial charge < -0.3 is 10.5 Å². The number of hydrogen-bond acceptors (Lipinski definition) is 6. The van der Waals surface area contributed by atoms with Crippen molar-refractivity contribution in [3.8, 4) is 16.9 Å². The van der Waals surface area contributed by atoms with E-state index >= 15 is 0 Å². The summed E-state index contributed by atoms with van der Waals surface area (Å²) in [6.07, 6.45) is 1.90. The van der Waals surface area contributed by atoms with Crippen molar-refractivity contribution in [2.75, 3.05) is 17.1 Å². The number of nitrogens with two attached hydrogens (primary N) is 1. The molecule has 4 aromatic rings. The van der Waals surface area contributed by atoms with E-state index < -0.39 is 15.8 Å². The molecule has 33 heavy (non-hydrogen) atoms. The molecule has 0 saturated heterocycles. The Morgan fingerprint density at radius 2 is 1.88 bits per heavy atom. The molecule has 0 aliphatic rings. The van der Waals surface area contributed by atoms with Gasteiger partial charge in [-0.15, -0.1) is 0 Å². The van der Waals surface area contributed by atoms with Gasteiger partial charge in [0.1, 0.15) is 17.4 Å². The third-order valence-electron chi connectivity index (χ3n) is 4.82. The minimum absolute atomic E-state index is 0.0332. The van der Waals surface area contributed by atoms with Crippen LogP contribution in [0, 0.1) is 5.82 Å². The fourth-order valence-corrected chi connectivity index (χ4v) is 3.80. The Bertz CT molecular complexity index is 1390. The summed E-state index contributed by atoms with van der Waals surface area (Å²) in [5.41, 5.74) is 8.19. The summed E-state index contributed by atoms with van der Waals surface area (Å²) in [6.45, 7) is 0.0814. The van der Waals surface area contributed by atoms with Gasteiger partial charge in [-0.2, -0.15) is 13.9 Å². The van der Waals surface area contributed by atoms with Gasteiger partial charge in [0.15, 0.2) is 5.65 Å². The summed E-state index contributed by atoms with van der Waals surface area (Å²) in [6, 6.07) is 11.9. The Morgan fingerprint density at radius 3 is 2.61 bits per heavy atom. The van der Waals surface area contributed by atoms with Crippen molar-refractivity contribution in [3.63, 3.8) is 0 Å². The Kier molecular flexibility index (Phi) is 6.09. The predicted molar refractivity (Wildman–Crippen MR) is 118 cm³/mol. The summed E-state index contributed by atoms with van der Waals surface area (Å²) in [7, 11) is -4.92. The Morgan fingerprint density at radius 1 is 1.12 bits per heavy atom. The number of aromatic nitrogens is 3. The molecule has 0 saturated carbocycles.